The molecule has 0 bridgehead atoms. The number of rotatable bonds is 3. The molecule has 2 N–H and O–H groups in total. The van der Waals surface area contributed by atoms with E-state index in [9.17, 15) is 0 Å². The van der Waals surface area contributed by atoms with E-state index in [2.05, 4.69) is 26.0 Å². The van der Waals surface area contributed by atoms with E-state index in [4.69, 9.17) is 10.5 Å². The molecule has 1 aromatic carbocycles. The Bertz CT molecular complexity index is 342. The van der Waals surface area contributed by atoms with Crippen molar-refractivity contribution in [3.8, 4) is 5.75 Å². The van der Waals surface area contributed by atoms with Gasteiger partial charge in [-0.3, -0.25) is 0 Å². The first-order chi connectivity index (χ1) is 6.59. The van der Waals surface area contributed by atoms with Gasteiger partial charge in [-0.05, 0) is 49.9 Å². The normalized spacial score (nSPS) is 17.9. The van der Waals surface area contributed by atoms with Crippen molar-refractivity contribution in [1.29, 1.82) is 0 Å². The molecule has 1 aromatic rings. The molecule has 0 aromatic heterocycles. The highest BCUT2D eigenvalue weighted by Gasteiger charge is 2.39. The molecule has 2 rings (SSSR count). The SMILES string of the molecule is Cc1ccc(OCC2(N)CC2)cc1C. The Morgan fingerprint density at radius 3 is 2.57 bits per heavy atom. The van der Waals surface area contributed by atoms with Gasteiger partial charge in [0.1, 0.15) is 12.4 Å². The monoisotopic (exact) mass is 191 g/mol. The second-order valence-corrected chi connectivity index (χ2v) is 4.40. The second kappa shape index (κ2) is 3.28. The second-order valence-electron chi connectivity index (χ2n) is 4.40. The quantitative estimate of drug-likeness (QED) is 0.794. The minimum absolute atomic E-state index is 0.0290. The standard InChI is InChI=1S/C12H17NO/c1-9-3-4-11(7-10(9)2)14-8-12(13)5-6-12/h3-4,7H,5-6,8,13H2,1-2H3. The number of ether oxygens (including phenoxy) is 1. The third kappa shape index (κ3) is 2.07. The number of nitrogens with two attached hydrogens (primary N) is 1. The van der Waals surface area contributed by atoms with Gasteiger partial charge in [-0.25, -0.2) is 0 Å². The summed E-state index contributed by atoms with van der Waals surface area (Å²) in [5, 5.41) is 0. The lowest BCUT2D eigenvalue weighted by molar-refractivity contribution is 0.279. The minimum atomic E-state index is -0.0290. The molecule has 1 aliphatic rings. The lowest BCUT2D eigenvalue weighted by atomic mass is 10.1. The third-order valence-corrected chi connectivity index (χ3v) is 2.90. The van der Waals surface area contributed by atoms with Crippen molar-refractivity contribution in [2.75, 3.05) is 6.61 Å². The zero-order valence-electron chi connectivity index (χ0n) is 8.84. The van der Waals surface area contributed by atoms with E-state index in [0.717, 1.165) is 18.6 Å². The van der Waals surface area contributed by atoms with Crippen LogP contribution in [0.5, 0.6) is 5.75 Å². The van der Waals surface area contributed by atoms with Crippen LogP contribution in [0.15, 0.2) is 18.2 Å². The van der Waals surface area contributed by atoms with Crippen LogP contribution in [0.3, 0.4) is 0 Å². The highest BCUT2D eigenvalue weighted by atomic mass is 16.5. The molecule has 1 aliphatic carbocycles. The summed E-state index contributed by atoms with van der Waals surface area (Å²) in [5.41, 5.74) is 8.47. The molecule has 0 aliphatic heterocycles. The van der Waals surface area contributed by atoms with Crippen LogP contribution in [0.25, 0.3) is 0 Å². The summed E-state index contributed by atoms with van der Waals surface area (Å²) in [7, 11) is 0. The van der Waals surface area contributed by atoms with Gasteiger partial charge in [-0.2, -0.15) is 0 Å². The molecule has 76 valence electrons. The average molecular weight is 191 g/mol. The van der Waals surface area contributed by atoms with Crippen molar-refractivity contribution in [3.63, 3.8) is 0 Å². The Morgan fingerprint density at radius 1 is 1.29 bits per heavy atom. The van der Waals surface area contributed by atoms with E-state index in [1.165, 1.54) is 11.1 Å². The van der Waals surface area contributed by atoms with Crippen molar-refractivity contribution in [1.82, 2.24) is 0 Å². The molecule has 2 nitrogen and oxygen atoms in total. The fraction of sp³-hybridized carbons (Fsp3) is 0.500. The number of benzene rings is 1. The van der Waals surface area contributed by atoms with Crippen LogP contribution in [0, 0.1) is 13.8 Å². The minimum Gasteiger partial charge on any atom is -0.492 e. The average Bonchev–Trinajstić information content (AvgIpc) is 2.87. The maximum Gasteiger partial charge on any atom is 0.119 e. The van der Waals surface area contributed by atoms with Gasteiger partial charge in [0.05, 0.1) is 5.54 Å². The summed E-state index contributed by atoms with van der Waals surface area (Å²) in [5.74, 6) is 0.935. The fourth-order valence-electron chi connectivity index (χ4n) is 1.34. The van der Waals surface area contributed by atoms with Crippen LogP contribution in [-0.2, 0) is 0 Å². The van der Waals surface area contributed by atoms with E-state index < -0.39 is 0 Å². The van der Waals surface area contributed by atoms with Crippen LogP contribution in [0.2, 0.25) is 0 Å². The van der Waals surface area contributed by atoms with Crippen molar-refractivity contribution >= 4 is 0 Å². The number of hydrogen-bond donors (Lipinski definition) is 1. The number of aryl methyl sites for hydroxylation is 2. The van der Waals surface area contributed by atoms with E-state index >= 15 is 0 Å². The molecule has 0 atom stereocenters. The Hall–Kier alpha value is -1.02. The summed E-state index contributed by atoms with van der Waals surface area (Å²) >= 11 is 0. The summed E-state index contributed by atoms with van der Waals surface area (Å²) in [6, 6.07) is 6.16. The zero-order valence-corrected chi connectivity index (χ0v) is 8.84. The summed E-state index contributed by atoms with van der Waals surface area (Å²) in [4.78, 5) is 0. The van der Waals surface area contributed by atoms with Gasteiger partial charge < -0.3 is 10.5 Å². The van der Waals surface area contributed by atoms with E-state index in [0.29, 0.717) is 6.61 Å². The van der Waals surface area contributed by atoms with Crippen molar-refractivity contribution in [2.24, 2.45) is 5.73 Å². The molecular weight excluding hydrogens is 174 g/mol. The maximum atomic E-state index is 5.94. The largest absolute Gasteiger partial charge is 0.492 e. The first kappa shape index (κ1) is 9.53. The van der Waals surface area contributed by atoms with Crippen LogP contribution >= 0.6 is 0 Å². The molecule has 0 amide bonds. The highest BCUT2D eigenvalue weighted by molar-refractivity contribution is 5.33. The highest BCUT2D eigenvalue weighted by Crippen LogP contribution is 2.32. The Kier molecular flexibility index (Phi) is 2.23. The lowest BCUT2D eigenvalue weighted by Gasteiger charge is -2.12. The summed E-state index contributed by atoms with van der Waals surface area (Å²) < 4.78 is 5.64. The Morgan fingerprint density at radius 2 is 2.00 bits per heavy atom. The fourth-order valence-corrected chi connectivity index (χ4v) is 1.34. The van der Waals surface area contributed by atoms with Gasteiger partial charge >= 0.3 is 0 Å². The van der Waals surface area contributed by atoms with Crippen molar-refractivity contribution in [2.45, 2.75) is 32.2 Å². The van der Waals surface area contributed by atoms with Crippen LogP contribution in [-0.4, -0.2) is 12.1 Å². The molecule has 0 unspecified atom stereocenters. The van der Waals surface area contributed by atoms with Crippen LogP contribution in [0.4, 0.5) is 0 Å². The molecule has 2 heteroatoms. The third-order valence-electron chi connectivity index (χ3n) is 2.90. The van der Waals surface area contributed by atoms with Gasteiger partial charge in [0.2, 0.25) is 0 Å². The van der Waals surface area contributed by atoms with E-state index in [1.54, 1.807) is 0 Å². The lowest BCUT2D eigenvalue weighted by Crippen LogP contribution is -2.29. The summed E-state index contributed by atoms with van der Waals surface area (Å²) in [6.07, 6.45) is 2.19. The van der Waals surface area contributed by atoms with E-state index in [-0.39, 0.29) is 5.54 Å². The van der Waals surface area contributed by atoms with Crippen molar-refractivity contribution in [3.05, 3.63) is 29.3 Å². The van der Waals surface area contributed by atoms with Crippen LogP contribution < -0.4 is 10.5 Å². The molecular formula is C12H17NO. The van der Waals surface area contributed by atoms with Gasteiger partial charge in [-0.1, -0.05) is 6.07 Å². The molecule has 0 saturated heterocycles. The molecule has 0 heterocycles. The Balaban J connectivity index is 1.99. The predicted molar refractivity (Wildman–Crippen MR) is 57.6 cm³/mol. The molecule has 1 saturated carbocycles. The van der Waals surface area contributed by atoms with Crippen LogP contribution in [0.1, 0.15) is 24.0 Å². The van der Waals surface area contributed by atoms with Gasteiger partial charge in [0.25, 0.3) is 0 Å². The molecule has 1 fully saturated rings. The first-order valence-electron chi connectivity index (χ1n) is 5.08. The first-order valence-corrected chi connectivity index (χ1v) is 5.08. The van der Waals surface area contributed by atoms with E-state index in [1.807, 2.05) is 6.07 Å². The molecule has 14 heavy (non-hydrogen) atoms. The molecule has 0 radical (unpaired) electrons. The van der Waals surface area contributed by atoms with Gasteiger partial charge in [0.15, 0.2) is 0 Å². The molecule has 0 spiro atoms. The smallest absolute Gasteiger partial charge is 0.119 e. The predicted octanol–water partition coefficient (Wildman–Crippen LogP) is 2.17. The maximum absolute atomic E-state index is 5.94. The Labute approximate surface area is 85.1 Å². The zero-order chi connectivity index (χ0) is 10.2. The number of hydrogen-bond acceptors (Lipinski definition) is 2. The summed E-state index contributed by atoms with van der Waals surface area (Å²) in [6.45, 7) is 4.84. The van der Waals surface area contributed by atoms with Gasteiger partial charge in [-0.15, -0.1) is 0 Å². The van der Waals surface area contributed by atoms with Crippen molar-refractivity contribution < 1.29 is 4.74 Å². The van der Waals surface area contributed by atoms with Gasteiger partial charge in [0, 0.05) is 0 Å². The topological polar surface area (TPSA) is 35.2 Å².